The van der Waals surface area contributed by atoms with E-state index in [1.807, 2.05) is 0 Å². The average molecular weight is 342 g/mol. The van der Waals surface area contributed by atoms with Gasteiger partial charge in [0.1, 0.15) is 5.75 Å². The first kappa shape index (κ1) is 17.9. The summed E-state index contributed by atoms with van der Waals surface area (Å²) in [4.78, 5) is 11.7. The van der Waals surface area contributed by atoms with Gasteiger partial charge in [-0.05, 0) is 23.8 Å². The molecule has 3 atom stereocenters. The lowest BCUT2D eigenvalue weighted by atomic mass is 10.1. The summed E-state index contributed by atoms with van der Waals surface area (Å²) in [5.74, 6) is -2.23. The molecule has 3 unspecified atom stereocenters. The molecule has 0 radical (unpaired) electrons. The van der Waals surface area contributed by atoms with E-state index in [-0.39, 0.29) is 6.54 Å². The van der Waals surface area contributed by atoms with Gasteiger partial charge in [0.2, 0.25) is 0 Å². The lowest BCUT2D eigenvalue weighted by molar-refractivity contribution is 0.171. The Hall–Kier alpha value is -2.48. The third-order valence-corrected chi connectivity index (χ3v) is 3.49. The summed E-state index contributed by atoms with van der Waals surface area (Å²) in [6.07, 6.45) is -1.50. The maximum atomic E-state index is 13.6. The number of nitrogens with one attached hydrogen (secondary N) is 2. The first-order valence-electron chi connectivity index (χ1n) is 7.16. The molecule has 2 amide bonds. The van der Waals surface area contributed by atoms with E-state index in [1.165, 1.54) is 7.11 Å². The van der Waals surface area contributed by atoms with Crippen molar-refractivity contribution in [1.29, 1.82) is 0 Å². The monoisotopic (exact) mass is 342 g/mol. The van der Waals surface area contributed by atoms with E-state index < -0.39 is 36.0 Å². The van der Waals surface area contributed by atoms with Crippen molar-refractivity contribution >= 4 is 6.03 Å². The number of benzene rings is 1. The number of carbonyl (C=O) groups is 1. The number of urea groups is 1. The van der Waals surface area contributed by atoms with Crippen molar-refractivity contribution in [3.8, 4) is 5.75 Å². The third-order valence-electron chi connectivity index (χ3n) is 3.49. The maximum absolute atomic E-state index is 13.6. The SMILES string of the molecule is COc1ccc(C(O)CNC(=O)NC2C=CC(F)=C(F)C2F)cc1. The van der Waals surface area contributed by atoms with Crippen LogP contribution in [-0.4, -0.2) is 37.0 Å². The molecule has 1 aliphatic rings. The van der Waals surface area contributed by atoms with Crippen LogP contribution in [0.4, 0.5) is 18.0 Å². The van der Waals surface area contributed by atoms with Gasteiger partial charge in [-0.1, -0.05) is 18.2 Å². The maximum Gasteiger partial charge on any atom is 0.315 e. The van der Waals surface area contributed by atoms with Crippen LogP contribution >= 0.6 is 0 Å². The van der Waals surface area contributed by atoms with Crippen LogP contribution in [0.15, 0.2) is 48.1 Å². The Bertz CT molecular complexity index is 646. The number of allylic oxidation sites excluding steroid dienone is 2. The van der Waals surface area contributed by atoms with Crippen molar-refractivity contribution in [3.05, 3.63) is 53.6 Å². The van der Waals surface area contributed by atoms with Crippen LogP contribution in [-0.2, 0) is 0 Å². The van der Waals surface area contributed by atoms with Gasteiger partial charge in [-0.2, -0.15) is 0 Å². The lowest BCUT2D eigenvalue weighted by Crippen LogP contribution is -2.47. The molecule has 0 fully saturated rings. The molecule has 2 rings (SSSR count). The van der Waals surface area contributed by atoms with Gasteiger partial charge in [-0.3, -0.25) is 0 Å². The number of aliphatic hydroxyl groups excluding tert-OH is 1. The predicted molar refractivity (Wildman–Crippen MR) is 81.6 cm³/mol. The molecule has 0 spiro atoms. The summed E-state index contributed by atoms with van der Waals surface area (Å²) in [6, 6.07) is 4.45. The molecule has 0 bridgehead atoms. The van der Waals surface area contributed by atoms with E-state index in [0.29, 0.717) is 11.3 Å². The highest BCUT2D eigenvalue weighted by Gasteiger charge is 2.30. The second-order valence-corrected chi connectivity index (χ2v) is 5.13. The second kappa shape index (κ2) is 7.87. The second-order valence-electron chi connectivity index (χ2n) is 5.13. The summed E-state index contributed by atoms with van der Waals surface area (Å²) < 4.78 is 44.5. The zero-order valence-electron chi connectivity index (χ0n) is 12.8. The predicted octanol–water partition coefficient (Wildman–Crippen LogP) is 2.45. The minimum Gasteiger partial charge on any atom is -0.497 e. The Morgan fingerprint density at radius 3 is 2.62 bits per heavy atom. The topological polar surface area (TPSA) is 70.6 Å². The van der Waals surface area contributed by atoms with E-state index in [9.17, 15) is 23.1 Å². The number of rotatable bonds is 5. The zero-order valence-corrected chi connectivity index (χ0v) is 12.8. The van der Waals surface area contributed by atoms with Crippen LogP contribution in [0.1, 0.15) is 11.7 Å². The molecular formula is C16H17F3N2O3. The average Bonchev–Trinajstić information content (AvgIpc) is 2.60. The first-order chi connectivity index (χ1) is 11.4. The summed E-state index contributed by atoms with van der Waals surface area (Å²) in [6.45, 7) is -0.141. The molecule has 1 aromatic rings. The van der Waals surface area contributed by atoms with Gasteiger partial charge in [0.15, 0.2) is 17.8 Å². The molecule has 1 aromatic carbocycles. The van der Waals surface area contributed by atoms with Crippen molar-refractivity contribution in [2.45, 2.75) is 18.3 Å². The van der Waals surface area contributed by atoms with Crippen molar-refractivity contribution in [1.82, 2.24) is 10.6 Å². The molecule has 0 aromatic heterocycles. The molecule has 5 nitrogen and oxygen atoms in total. The molecule has 0 aliphatic heterocycles. The van der Waals surface area contributed by atoms with Crippen LogP contribution in [0.3, 0.4) is 0 Å². The Labute approximate surface area is 136 Å². The van der Waals surface area contributed by atoms with E-state index in [0.717, 1.165) is 12.2 Å². The highest BCUT2D eigenvalue weighted by molar-refractivity contribution is 5.74. The van der Waals surface area contributed by atoms with Crippen LogP contribution in [0, 0.1) is 0 Å². The van der Waals surface area contributed by atoms with E-state index >= 15 is 0 Å². The molecule has 8 heteroatoms. The molecule has 0 saturated carbocycles. The number of halogens is 3. The van der Waals surface area contributed by atoms with Crippen LogP contribution in [0.2, 0.25) is 0 Å². The fourth-order valence-electron chi connectivity index (χ4n) is 2.11. The van der Waals surface area contributed by atoms with Gasteiger partial charge in [-0.25, -0.2) is 18.0 Å². The fraction of sp³-hybridized carbons (Fsp3) is 0.312. The van der Waals surface area contributed by atoms with Gasteiger partial charge in [0.25, 0.3) is 0 Å². The quantitative estimate of drug-likeness (QED) is 0.770. The molecule has 1 aliphatic carbocycles. The summed E-state index contributed by atoms with van der Waals surface area (Å²) in [7, 11) is 1.51. The zero-order chi connectivity index (χ0) is 17.7. The summed E-state index contributed by atoms with van der Waals surface area (Å²) in [5, 5.41) is 14.5. The number of hydrogen-bond donors (Lipinski definition) is 3. The largest absolute Gasteiger partial charge is 0.497 e. The summed E-state index contributed by atoms with van der Waals surface area (Å²) >= 11 is 0. The third kappa shape index (κ3) is 4.29. The van der Waals surface area contributed by atoms with Crippen molar-refractivity contribution in [2.24, 2.45) is 0 Å². The molecule has 130 valence electrons. The number of carbonyl (C=O) groups excluding carboxylic acids is 1. The van der Waals surface area contributed by atoms with Crippen molar-refractivity contribution in [3.63, 3.8) is 0 Å². The number of aliphatic hydroxyl groups is 1. The minimum absolute atomic E-state index is 0.141. The molecular weight excluding hydrogens is 325 g/mol. The fourth-order valence-corrected chi connectivity index (χ4v) is 2.11. The normalized spacial score (nSPS) is 21.4. The number of amides is 2. The van der Waals surface area contributed by atoms with Crippen LogP contribution in [0.25, 0.3) is 0 Å². The Morgan fingerprint density at radius 1 is 1.33 bits per heavy atom. The van der Waals surface area contributed by atoms with Crippen molar-refractivity contribution < 1.29 is 27.8 Å². The van der Waals surface area contributed by atoms with Gasteiger partial charge in [0.05, 0.1) is 19.3 Å². The smallest absolute Gasteiger partial charge is 0.315 e. The first-order valence-corrected chi connectivity index (χ1v) is 7.16. The molecule has 24 heavy (non-hydrogen) atoms. The van der Waals surface area contributed by atoms with Gasteiger partial charge >= 0.3 is 6.03 Å². The number of alkyl halides is 1. The highest BCUT2D eigenvalue weighted by Crippen LogP contribution is 2.24. The van der Waals surface area contributed by atoms with Gasteiger partial charge in [0, 0.05) is 6.54 Å². The molecule has 0 heterocycles. The minimum atomic E-state index is -2.28. The van der Waals surface area contributed by atoms with E-state index in [1.54, 1.807) is 24.3 Å². The number of methoxy groups -OCH3 is 1. The standard InChI is InChI=1S/C16H17F3N2O3/c1-24-10-4-2-9(3-5-10)13(22)8-20-16(23)21-12-7-6-11(17)14(18)15(12)19/h2-7,12-13,15,22H,8H2,1H3,(H2,20,21,23). The lowest BCUT2D eigenvalue weighted by Gasteiger charge is -2.22. The Kier molecular flexibility index (Phi) is 5.86. The molecule has 0 saturated heterocycles. The molecule has 3 N–H and O–H groups in total. The van der Waals surface area contributed by atoms with E-state index in [2.05, 4.69) is 10.6 Å². The number of ether oxygens (including phenoxy) is 1. The van der Waals surface area contributed by atoms with Gasteiger partial charge < -0.3 is 20.5 Å². The van der Waals surface area contributed by atoms with Crippen LogP contribution in [0.5, 0.6) is 5.75 Å². The number of hydrogen-bond acceptors (Lipinski definition) is 3. The van der Waals surface area contributed by atoms with E-state index in [4.69, 9.17) is 4.74 Å². The van der Waals surface area contributed by atoms with Gasteiger partial charge in [-0.15, -0.1) is 0 Å². The highest BCUT2D eigenvalue weighted by atomic mass is 19.2. The Morgan fingerprint density at radius 2 is 2.00 bits per heavy atom. The summed E-state index contributed by atoms with van der Waals surface area (Å²) in [5.41, 5.74) is 0.549. The van der Waals surface area contributed by atoms with Crippen molar-refractivity contribution in [2.75, 3.05) is 13.7 Å². The Balaban J connectivity index is 1.83. The van der Waals surface area contributed by atoms with Crippen LogP contribution < -0.4 is 15.4 Å².